The van der Waals surface area contributed by atoms with Crippen molar-refractivity contribution in [2.75, 3.05) is 18.4 Å². The summed E-state index contributed by atoms with van der Waals surface area (Å²) in [6.45, 7) is 2.74. The number of amides is 1. The van der Waals surface area contributed by atoms with Crippen LogP contribution in [0.1, 0.15) is 50.5 Å². The van der Waals surface area contributed by atoms with E-state index >= 15 is 0 Å². The van der Waals surface area contributed by atoms with Crippen LogP contribution in [0.5, 0.6) is 0 Å². The zero-order valence-corrected chi connectivity index (χ0v) is 18.6. The largest absolute Gasteiger partial charge is 0.393 e. The molecule has 29 heavy (non-hydrogen) atoms. The molecule has 7 heteroatoms. The quantitative estimate of drug-likeness (QED) is 0.664. The molecular formula is C22H35Cl2N3O2. The molecule has 1 aromatic carbocycles. The Morgan fingerprint density at radius 1 is 1.10 bits per heavy atom. The van der Waals surface area contributed by atoms with Crippen LogP contribution in [-0.4, -0.2) is 41.1 Å². The molecule has 0 spiro atoms. The number of carbonyl (C=O) groups is 1. The Hall–Kier alpha value is -0.850. The van der Waals surface area contributed by atoms with E-state index in [1.165, 1.54) is 24.8 Å². The van der Waals surface area contributed by atoms with Gasteiger partial charge in [-0.1, -0.05) is 18.6 Å². The first-order valence-electron chi connectivity index (χ1n) is 10.6. The number of aliphatic hydroxyl groups is 1. The second kappa shape index (κ2) is 11.0. The number of hydrogen-bond acceptors (Lipinski definition) is 4. The molecule has 1 heterocycles. The summed E-state index contributed by atoms with van der Waals surface area (Å²) in [5, 5.41) is 12.8. The Balaban J connectivity index is 0.00000150. The van der Waals surface area contributed by atoms with E-state index in [2.05, 4.69) is 22.3 Å². The lowest BCUT2D eigenvalue weighted by molar-refractivity contribution is -0.122. The van der Waals surface area contributed by atoms with Gasteiger partial charge in [-0.3, -0.25) is 9.69 Å². The summed E-state index contributed by atoms with van der Waals surface area (Å²) in [7, 11) is 0. The van der Waals surface area contributed by atoms with Crippen LogP contribution in [-0.2, 0) is 11.3 Å². The number of nitrogens with two attached hydrogens (primary N) is 1. The summed E-state index contributed by atoms with van der Waals surface area (Å²) in [4.78, 5) is 15.2. The summed E-state index contributed by atoms with van der Waals surface area (Å²) in [6, 6.07) is 8.52. The van der Waals surface area contributed by atoms with E-state index in [-0.39, 0.29) is 42.7 Å². The van der Waals surface area contributed by atoms with Crippen LogP contribution >= 0.6 is 24.8 Å². The van der Waals surface area contributed by atoms with E-state index in [0.29, 0.717) is 17.9 Å². The summed E-state index contributed by atoms with van der Waals surface area (Å²) < 4.78 is 0. The number of hydrogen-bond donors (Lipinski definition) is 3. The Bertz CT molecular complexity index is 653. The van der Waals surface area contributed by atoms with Crippen LogP contribution in [0.25, 0.3) is 0 Å². The lowest BCUT2D eigenvalue weighted by Gasteiger charge is -2.43. The third-order valence-electron chi connectivity index (χ3n) is 6.94. The highest BCUT2D eigenvalue weighted by Crippen LogP contribution is 2.42. The number of likely N-dealkylation sites (tertiary alicyclic amines) is 1. The minimum absolute atomic E-state index is 0. The van der Waals surface area contributed by atoms with Crippen molar-refractivity contribution in [3.63, 3.8) is 0 Å². The smallest absolute Gasteiger partial charge is 0.227 e. The number of rotatable bonds is 4. The van der Waals surface area contributed by atoms with Crippen molar-refractivity contribution >= 4 is 36.4 Å². The fraction of sp³-hybridized carbons (Fsp3) is 0.682. The molecule has 2 saturated carbocycles. The van der Waals surface area contributed by atoms with Gasteiger partial charge in [0.1, 0.15) is 0 Å². The highest BCUT2D eigenvalue weighted by atomic mass is 35.5. The van der Waals surface area contributed by atoms with Crippen LogP contribution < -0.4 is 11.1 Å². The van der Waals surface area contributed by atoms with Crippen molar-refractivity contribution in [3.8, 4) is 0 Å². The molecule has 4 rings (SSSR count). The number of nitrogens with zero attached hydrogens (tertiary/aromatic N) is 1. The maximum Gasteiger partial charge on any atom is 0.227 e. The Morgan fingerprint density at radius 2 is 1.76 bits per heavy atom. The van der Waals surface area contributed by atoms with Gasteiger partial charge in [-0.25, -0.2) is 0 Å². The van der Waals surface area contributed by atoms with E-state index in [0.717, 1.165) is 51.0 Å². The van der Waals surface area contributed by atoms with Gasteiger partial charge in [-0.2, -0.15) is 0 Å². The average Bonchev–Trinajstić information content (AvgIpc) is 2.64. The van der Waals surface area contributed by atoms with Gasteiger partial charge in [0, 0.05) is 37.3 Å². The van der Waals surface area contributed by atoms with E-state index < -0.39 is 0 Å². The van der Waals surface area contributed by atoms with Crippen molar-refractivity contribution < 1.29 is 9.90 Å². The molecule has 5 nitrogen and oxygen atoms in total. The Morgan fingerprint density at radius 3 is 2.41 bits per heavy atom. The maximum atomic E-state index is 12.9. The molecule has 1 aromatic rings. The Labute approximate surface area is 186 Å². The standard InChI is InChI=1S/C22H33N3O2.2ClH/c23-21-16-4-2-5-17(21)13-18(12-16)22(27)24-19-6-1-3-15(11-19)14-25-9-7-20(26)8-10-25;;/h1,3,6,11,16-18,20-21,26H,2,4-5,7-10,12-14,23H2,(H,24,27);2*1H. The van der Waals surface area contributed by atoms with Gasteiger partial charge >= 0.3 is 0 Å². The predicted molar refractivity (Wildman–Crippen MR) is 122 cm³/mol. The number of benzene rings is 1. The van der Waals surface area contributed by atoms with Gasteiger partial charge in [-0.15, -0.1) is 24.8 Å². The van der Waals surface area contributed by atoms with Crippen LogP contribution in [0.3, 0.4) is 0 Å². The first-order chi connectivity index (χ1) is 13.1. The number of halogens is 2. The molecule has 164 valence electrons. The Kier molecular flexibility index (Phi) is 9.23. The van der Waals surface area contributed by atoms with Crippen LogP contribution in [0.15, 0.2) is 24.3 Å². The monoisotopic (exact) mass is 443 g/mol. The molecule has 2 atom stereocenters. The minimum atomic E-state index is -0.144. The number of fused-ring (bicyclic) bond motifs is 2. The second-order valence-electron chi connectivity index (χ2n) is 8.89. The number of piperidine rings is 1. The summed E-state index contributed by atoms with van der Waals surface area (Å²) >= 11 is 0. The van der Waals surface area contributed by atoms with Crippen molar-refractivity contribution in [2.45, 2.75) is 63.6 Å². The molecule has 1 aliphatic heterocycles. The average molecular weight is 444 g/mol. The summed E-state index contributed by atoms with van der Waals surface area (Å²) in [5.74, 6) is 1.31. The van der Waals surface area contributed by atoms with E-state index in [1.807, 2.05) is 12.1 Å². The van der Waals surface area contributed by atoms with E-state index in [9.17, 15) is 9.90 Å². The van der Waals surface area contributed by atoms with Crippen molar-refractivity contribution in [3.05, 3.63) is 29.8 Å². The van der Waals surface area contributed by atoms with Crippen LogP contribution in [0.2, 0.25) is 0 Å². The zero-order valence-electron chi connectivity index (χ0n) is 17.0. The number of anilines is 1. The molecule has 3 fully saturated rings. The maximum absolute atomic E-state index is 12.9. The van der Waals surface area contributed by atoms with E-state index in [4.69, 9.17) is 5.73 Å². The van der Waals surface area contributed by atoms with Crippen molar-refractivity contribution in [1.29, 1.82) is 0 Å². The third-order valence-corrected chi connectivity index (χ3v) is 6.94. The van der Waals surface area contributed by atoms with Crippen molar-refractivity contribution in [1.82, 2.24) is 4.90 Å². The fourth-order valence-electron chi connectivity index (χ4n) is 5.33. The SMILES string of the molecule is Cl.Cl.NC1C2CCCC1CC(C(=O)Nc1cccc(CN3CCC(O)CC3)c1)C2. The second-order valence-corrected chi connectivity index (χ2v) is 8.89. The van der Waals surface area contributed by atoms with Crippen molar-refractivity contribution in [2.24, 2.45) is 23.5 Å². The van der Waals surface area contributed by atoms with Crippen LogP contribution in [0, 0.1) is 17.8 Å². The van der Waals surface area contributed by atoms with Gasteiger partial charge in [0.15, 0.2) is 0 Å². The number of aliphatic hydroxyl groups excluding tert-OH is 1. The highest BCUT2D eigenvalue weighted by molar-refractivity contribution is 5.92. The fourth-order valence-corrected chi connectivity index (χ4v) is 5.33. The van der Waals surface area contributed by atoms with Gasteiger partial charge < -0.3 is 16.2 Å². The molecule has 4 N–H and O–H groups in total. The topological polar surface area (TPSA) is 78.6 Å². The van der Waals surface area contributed by atoms with Gasteiger partial charge in [-0.05, 0) is 68.1 Å². The molecule has 1 saturated heterocycles. The van der Waals surface area contributed by atoms with E-state index in [1.54, 1.807) is 0 Å². The minimum Gasteiger partial charge on any atom is -0.393 e. The molecule has 2 bridgehead atoms. The molecule has 2 aliphatic carbocycles. The summed E-state index contributed by atoms with van der Waals surface area (Å²) in [6.07, 6.45) is 7.08. The number of carbonyl (C=O) groups excluding carboxylic acids is 1. The van der Waals surface area contributed by atoms with Crippen LogP contribution in [0.4, 0.5) is 5.69 Å². The zero-order chi connectivity index (χ0) is 18.8. The molecule has 1 amide bonds. The number of nitrogens with one attached hydrogen (secondary N) is 1. The third kappa shape index (κ3) is 6.08. The highest BCUT2D eigenvalue weighted by Gasteiger charge is 2.40. The molecular weight excluding hydrogens is 409 g/mol. The van der Waals surface area contributed by atoms with Gasteiger partial charge in [0.2, 0.25) is 5.91 Å². The first-order valence-corrected chi connectivity index (χ1v) is 10.6. The summed E-state index contributed by atoms with van der Waals surface area (Å²) in [5.41, 5.74) is 8.48. The molecule has 3 aliphatic rings. The lowest BCUT2D eigenvalue weighted by Crippen LogP contribution is -2.48. The van der Waals surface area contributed by atoms with Gasteiger partial charge in [0.25, 0.3) is 0 Å². The predicted octanol–water partition coefficient (Wildman–Crippen LogP) is 3.58. The molecule has 2 unspecified atom stereocenters. The molecule has 0 radical (unpaired) electrons. The first kappa shape index (κ1) is 24.4. The normalized spacial score (nSPS) is 30.0. The molecule has 0 aromatic heterocycles. The van der Waals surface area contributed by atoms with Gasteiger partial charge in [0.05, 0.1) is 6.10 Å². The lowest BCUT2D eigenvalue weighted by atomic mass is 9.65.